The number of hydrogen-bond donors (Lipinski definition) is 2. The van der Waals surface area contributed by atoms with E-state index < -0.39 is 11.9 Å². The first-order chi connectivity index (χ1) is 9.08. The van der Waals surface area contributed by atoms with Gasteiger partial charge in [-0.1, -0.05) is 29.8 Å². The molecular formula is C12H9ClN2O3S. The van der Waals surface area contributed by atoms with E-state index in [1.54, 1.807) is 18.2 Å². The summed E-state index contributed by atoms with van der Waals surface area (Å²) < 4.78 is 0. The molecule has 0 fully saturated rings. The summed E-state index contributed by atoms with van der Waals surface area (Å²) in [5, 5.41) is 13.4. The zero-order valence-corrected chi connectivity index (χ0v) is 11.2. The molecule has 0 spiro atoms. The van der Waals surface area contributed by atoms with Crippen molar-refractivity contribution in [2.45, 2.75) is 6.54 Å². The highest BCUT2D eigenvalue weighted by atomic mass is 35.5. The van der Waals surface area contributed by atoms with Crippen molar-refractivity contribution >= 4 is 34.8 Å². The van der Waals surface area contributed by atoms with Gasteiger partial charge in [0.1, 0.15) is 0 Å². The van der Waals surface area contributed by atoms with Crippen LogP contribution in [0.1, 0.15) is 25.9 Å². The van der Waals surface area contributed by atoms with Crippen molar-refractivity contribution in [3.8, 4) is 0 Å². The molecule has 0 aliphatic carbocycles. The molecule has 2 N–H and O–H groups in total. The second-order valence-electron chi connectivity index (χ2n) is 3.62. The number of amides is 1. The van der Waals surface area contributed by atoms with Crippen molar-refractivity contribution < 1.29 is 14.7 Å². The molecule has 19 heavy (non-hydrogen) atoms. The van der Waals surface area contributed by atoms with Gasteiger partial charge in [-0.2, -0.15) is 0 Å². The minimum absolute atomic E-state index is 0.115. The Kier molecular flexibility index (Phi) is 4.13. The summed E-state index contributed by atoms with van der Waals surface area (Å²) in [6.45, 7) is 0.264. The third-order valence-electron chi connectivity index (χ3n) is 2.31. The molecule has 0 aliphatic heterocycles. The van der Waals surface area contributed by atoms with Crippen LogP contribution < -0.4 is 5.32 Å². The maximum atomic E-state index is 11.8. The van der Waals surface area contributed by atoms with Crippen molar-refractivity contribution in [2.24, 2.45) is 0 Å². The molecule has 7 heteroatoms. The summed E-state index contributed by atoms with van der Waals surface area (Å²) in [7, 11) is 0. The fourth-order valence-electron chi connectivity index (χ4n) is 1.37. The summed E-state index contributed by atoms with van der Waals surface area (Å²) >= 11 is 6.95. The molecule has 0 atom stereocenters. The van der Waals surface area contributed by atoms with E-state index in [2.05, 4.69) is 10.3 Å². The molecule has 0 saturated heterocycles. The van der Waals surface area contributed by atoms with E-state index in [0.717, 1.165) is 16.9 Å². The lowest BCUT2D eigenvalue weighted by Gasteiger charge is -2.04. The SMILES string of the molecule is O=C(O)c1csc(C(=O)NCc2ccccc2Cl)n1. The van der Waals surface area contributed by atoms with E-state index in [0.29, 0.717) is 5.02 Å². The van der Waals surface area contributed by atoms with Gasteiger partial charge < -0.3 is 10.4 Å². The highest BCUT2D eigenvalue weighted by Crippen LogP contribution is 2.15. The Labute approximate surface area is 117 Å². The van der Waals surface area contributed by atoms with Crippen LogP contribution in [-0.4, -0.2) is 22.0 Å². The van der Waals surface area contributed by atoms with Crippen LogP contribution >= 0.6 is 22.9 Å². The van der Waals surface area contributed by atoms with E-state index in [-0.39, 0.29) is 17.2 Å². The molecule has 2 rings (SSSR count). The van der Waals surface area contributed by atoms with Crippen LogP contribution in [-0.2, 0) is 6.54 Å². The number of carbonyl (C=O) groups is 2. The van der Waals surface area contributed by atoms with Gasteiger partial charge in [0, 0.05) is 16.9 Å². The largest absolute Gasteiger partial charge is 0.476 e. The lowest BCUT2D eigenvalue weighted by Crippen LogP contribution is -2.23. The van der Waals surface area contributed by atoms with Crippen molar-refractivity contribution in [3.05, 3.63) is 50.9 Å². The highest BCUT2D eigenvalue weighted by molar-refractivity contribution is 7.11. The Morgan fingerprint density at radius 3 is 2.74 bits per heavy atom. The molecule has 0 aliphatic rings. The third-order valence-corrected chi connectivity index (χ3v) is 3.52. The number of hydrogen-bond acceptors (Lipinski definition) is 4. The van der Waals surface area contributed by atoms with Crippen LogP contribution in [0, 0.1) is 0 Å². The fourth-order valence-corrected chi connectivity index (χ4v) is 2.28. The van der Waals surface area contributed by atoms with E-state index >= 15 is 0 Å². The number of nitrogens with one attached hydrogen (secondary N) is 1. The molecule has 1 aromatic carbocycles. The van der Waals surface area contributed by atoms with Gasteiger partial charge in [-0.3, -0.25) is 4.79 Å². The molecule has 0 radical (unpaired) electrons. The van der Waals surface area contributed by atoms with Gasteiger partial charge in [-0.05, 0) is 11.6 Å². The molecule has 0 unspecified atom stereocenters. The number of halogens is 1. The average molecular weight is 297 g/mol. The summed E-state index contributed by atoms with van der Waals surface area (Å²) in [5.74, 6) is -1.57. The van der Waals surface area contributed by atoms with Gasteiger partial charge in [0.15, 0.2) is 10.7 Å². The summed E-state index contributed by atoms with van der Waals surface area (Å²) in [4.78, 5) is 26.1. The van der Waals surface area contributed by atoms with Crippen LogP contribution in [0.15, 0.2) is 29.6 Å². The van der Waals surface area contributed by atoms with Crippen molar-refractivity contribution in [2.75, 3.05) is 0 Å². The maximum Gasteiger partial charge on any atom is 0.355 e. The summed E-state index contributed by atoms with van der Waals surface area (Å²) in [5.41, 5.74) is 0.653. The van der Waals surface area contributed by atoms with Gasteiger partial charge in [0.2, 0.25) is 0 Å². The molecule has 1 heterocycles. The second kappa shape index (κ2) is 5.81. The number of aromatic carboxylic acids is 1. The van der Waals surface area contributed by atoms with Gasteiger partial charge in [-0.25, -0.2) is 9.78 Å². The van der Waals surface area contributed by atoms with E-state index in [1.807, 2.05) is 6.07 Å². The summed E-state index contributed by atoms with van der Waals surface area (Å²) in [6.07, 6.45) is 0. The Hall–Kier alpha value is -1.92. The molecular weight excluding hydrogens is 288 g/mol. The molecule has 5 nitrogen and oxygen atoms in total. The van der Waals surface area contributed by atoms with Crippen molar-refractivity contribution in [1.29, 1.82) is 0 Å². The average Bonchev–Trinajstić information content (AvgIpc) is 2.87. The van der Waals surface area contributed by atoms with Gasteiger partial charge in [-0.15, -0.1) is 11.3 Å². The zero-order valence-electron chi connectivity index (χ0n) is 9.59. The van der Waals surface area contributed by atoms with Crippen LogP contribution in [0.5, 0.6) is 0 Å². The first-order valence-electron chi connectivity index (χ1n) is 5.28. The number of thiazole rings is 1. The minimum Gasteiger partial charge on any atom is -0.476 e. The predicted molar refractivity (Wildman–Crippen MR) is 71.7 cm³/mol. The number of aromatic nitrogens is 1. The molecule has 98 valence electrons. The van der Waals surface area contributed by atoms with E-state index in [9.17, 15) is 9.59 Å². The molecule has 2 aromatic rings. The molecule has 0 saturated carbocycles. The number of benzene rings is 1. The fraction of sp³-hybridized carbons (Fsp3) is 0.0833. The first kappa shape index (κ1) is 13.5. The molecule has 1 amide bonds. The predicted octanol–water partition coefficient (Wildman–Crippen LogP) is 2.42. The zero-order chi connectivity index (χ0) is 13.8. The number of nitrogens with zero attached hydrogens (tertiary/aromatic N) is 1. The number of carboxylic acid groups (broad SMARTS) is 1. The smallest absolute Gasteiger partial charge is 0.355 e. The lowest BCUT2D eigenvalue weighted by atomic mass is 10.2. The van der Waals surface area contributed by atoms with Crippen molar-refractivity contribution in [1.82, 2.24) is 10.3 Å². The van der Waals surface area contributed by atoms with Crippen molar-refractivity contribution in [3.63, 3.8) is 0 Å². The Balaban J connectivity index is 2.01. The van der Waals surface area contributed by atoms with E-state index in [4.69, 9.17) is 16.7 Å². The van der Waals surface area contributed by atoms with Gasteiger partial charge in [0.05, 0.1) is 0 Å². The normalized spacial score (nSPS) is 10.2. The second-order valence-corrected chi connectivity index (χ2v) is 4.88. The number of carboxylic acids is 1. The topological polar surface area (TPSA) is 79.3 Å². The van der Waals surface area contributed by atoms with Gasteiger partial charge in [0.25, 0.3) is 5.91 Å². The van der Waals surface area contributed by atoms with Crippen LogP contribution in [0.2, 0.25) is 5.02 Å². The summed E-state index contributed by atoms with van der Waals surface area (Å²) in [6, 6.07) is 7.15. The monoisotopic (exact) mass is 296 g/mol. The molecule has 0 bridgehead atoms. The Morgan fingerprint density at radius 2 is 2.11 bits per heavy atom. The van der Waals surface area contributed by atoms with Crippen LogP contribution in [0.3, 0.4) is 0 Å². The molecule has 1 aromatic heterocycles. The maximum absolute atomic E-state index is 11.8. The van der Waals surface area contributed by atoms with Gasteiger partial charge >= 0.3 is 5.97 Å². The number of carbonyl (C=O) groups excluding carboxylic acids is 1. The minimum atomic E-state index is -1.15. The first-order valence-corrected chi connectivity index (χ1v) is 6.54. The van der Waals surface area contributed by atoms with E-state index in [1.165, 1.54) is 5.38 Å². The quantitative estimate of drug-likeness (QED) is 0.908. The van der Waals surface area contributed by atoms with Crippen LogP contribution in [0.4, 0.5) is 0 Å². The Bertz CT molecular complexity index is 627. The number of rotatable bonds is 4. The highest BCUT2D eigenvalue weighted by Gasteiger charge is 2.14. The Morgan fingerprint density at radius 1 is 1.37 bits per heavy atom. The standard InChI is InChI=1S/C12H9ClN2O3S/c13-8-4-2-1-3-7(8)5-14-10(16)11-15-9(6-19-11)12(17)18/h1-4,6H,5H2,(H,14,16)(H,17,18). The van der Waals surface area contributed by atoms with Crippen LogP contribution in [0.25, 0.3) is 0 Å². The third kappa shape index (κ3) is 3.30. The lowest BCUT2D eigenvalue weighted by molar-refractivity contribution is 0.0691.